The zero-order chi connectivity index (χ0) is 13.1. The Bertz CT molecular complexity index is 423. The summed E-state index contributed by atoms with van der Waals surface area (Å²) >= 11 is 0. The van der Waals surface area contributed by atoms with Gasteiger partial charge in [-0.25, -0.2) is 0 Å². The van der Waals surface area contributed by atoms with Gasteiger partial charge in [-0.05, 0) is 12.1 Å². The zero-order valence-corrected chi connectivity index (χ0v) is 8.75. The quantitative estimate of drug-likeness (QED) is 0.826. The van der Waals surface area contributed by atoms with Gasteiger partial charge in [0.25, 0.3) is 0 Å². The molecular formula is C11H10F3NO2. The van der Waals surface area contributed by atoms with Crippen LogP contribution >= 0.6 is 0 Å². The Morgan fingerprint density at radius 2 is 1.59 bits per heavy atom. The van der Waals surface area contributed by atoms with Crippen LogP contribution in [0.2, 0.25) is 0 Å². The maximum Gasteiger partial charge on any atom is 0.416 e. The molecule has 0 aliphatic rings. The summed E-state index contributed by atoms with van der Waals surface area (Å²) in [7, 11) is 0. The van der Waals surface area contributed by atoms with Crippen molar-refractivity contribution in [1.29, 1.82) is 0 Å². The van der Waals surface area contributed by atoms with Crippen LogP contribution in [-0.4, -0.2) is 11.7 Å². The molecule has 0 spiro atoms. The maximum absolute atomic E-state index is 12.2. The van der Waals surface area contributed by atoms with Gasteiger partial charge in [-0.3, -0.25) is 9.59 Å². The van der Waals surface area contributed by atoms with Crippen LogP contribution in [-0.2, 0) is 11.0 Å². The maximum atomic E-state index is 12.2. The van der Waals surface area contributed by atoms with Gasteiger partial charge >= 0.3 is 6.18 Å². The summed E-state index contributed by atoms with van der Waals surface area (Å²) in [5.41, 5.74) is 4.18. The lowest BCUT2D eigenvalue weighted by atomic mass is 10.0. The van der Waals surface area contributed by atoms with Crippen LogP contribution < -0.4 is 5.73 Å². The van der Waals surface area contributed by atoms with Crippen molar-refractivity contribution in [3.8, 4) is 0 Å². The molecule has 1 aromatic rings. The number of Topliss-reactive ketones (excluding diaryl/α,β-unsaturated/α-hetero) is 1. The molecule has 92 valence electrons. The molecule has 0 heterocycles. The normalized spacial score (nSPS) is 11.2. The minimum Gasteiger partial charge on any atom is -0.370 e. The third-order valence-electron chi connectivity index (χ3n) is 2.13. The first-order valence-corrected chi connectivity index (χ1v) is 4.79. The first-order chi connectivity index (χ1) is 7.80. The lowest BCUT2D eigenvalue weighted by Crippen LogP contribution is -2.13. The van der Waals surface area contributed by atoms with Crippen LogP contribution in [0, 0.1) is 0 Å². The monoisotopic (exact) mass is 245 g/mol. The lowest BCUT2D eigenvalue weighted by Gasteiger charge is -2.06. The number of hydrogen-bond acceptors (Lipinski definition) is 2. The average molecular weight is 245 g/mol. The van der Waals surface area contributed by atoms with Crippen molar-refractivity contribution in [3.05, 3.63) is 35.4 Å². The second-order valence-electron chi connectivity index (χ2n) is 3.46. The van der Waals surface area contributed by atoms with E-state index in [1.54, 1.807) is 0 Å². The molecule has 0 aromatic heterocycles. The molecule has 0 aliphatic carbocycles. The van der Waals surface area contributed by atoms with Gasteiger partial charge in [-0.15, -0.1) is 0 Å². The topological polar surface area (TPSA) is 60.2 Å². The average Bonchev–Trinajstić information content (AvgIpc) is 2.25. The van der Waals surface area contributed by atoms with Gasteiger partial charge in [-0.1, -0.05) is 12.1 Å². The van der Waals surface area contributed by atoms with Crippen LogP contribution in [0.15, 0.2) is 24.3 Å². The molecule has 0 aliphatic heterocycles. The Morgan fingerprint density at radius 1 is 1.06 bits per heavy atom. The number of nitrogens with two attached hydrogens (primary N) is 1. The molecule has 1 aromatic carbocycles. The van der Waals surface area contributed by atoms with E-state index in [9.17, 15) is 22.8 Å². The summed E-state index contributed by atoms with van der Waals surface area (Å²) in [5.74, 6) is -1.03. The Labute approximate surface area is 95.4 Å². The van der Waals surface area contributed by atoms with Gasteiger partial charge in [0.15, 0.2) is 5.78 Å². The van der Waals surface area contributed by atoms with E-state index in [4.69, 9.17) is 5.73 Å². The highest BCUT2D eigenvalue weighted by Gasteiger charge is 2.30. The number of halogens is 3. The summed E-state index contributed by atoms with van der Waals surface area (Å²) in [6.45, 7) is 0. The predicted octanol–water partition coefficient (Wildman–Crippen LogP) is 2.15. The molecule has 6 heteroatoms. The van der Waals surface area contributed by atoms with E-state index in [2.05, 4.69) is 0 Å². The molecule has 3 nitrogen and oxygen atoms in total. The smallest absolute Gasteiger partial charge is 0.370 e. The highest BCUT2D eigenvalue weighted by molar-refractivity contribution is 5.97. The first-order valence-electron chi connectivity index (χ1n) is 4.79. The van der Waals surface area contributed by atoms with E-state index in [1.165, 1.54) is 0 Å². The highest BCUT2D eigenvalue weighted by atomic mass is 19.4. The van der Waals surface area contributed by atoms with Gasteiger partial charge < -0.3 is 5.73 Å². The van der Waals surface area contributed by atoms with E-state index in [0.29, 0.717) is 0 Å². The molecule has 0 atom stereocenters. The third kappa shape index (κ3) is 3.90. The van der Waals surface area contributed by atoms with Crippen LogP contribution in [0.3, 0.4) is 0 Å². The molecular weight excluding hydrogens is 235 g/mol. The van der Waals surface area contributed by atoms with E-state index in [1.807, 2.05) is 0 Å². The molecule has 1 amide bonds. The number of benzene rings is 1. The number of hydrogen-bond donors (Lipinski definition) is 1. The number of rotatable bonds is 4. The fourth-order valence-corrected chi connectivity index (χ4v) is 1.23. The number of primary amides is 1. The number of alkyl halides is 3. The molecule has 2 N–H and O–H groups in total. The summed E-state index contributed by atoms with van der Waals surface area (Å²) in [6.07, 6.45) is -4.63. The number of ketones is 1. The van der Waals surface area contributed by atoms with Crippen molar-refractivity contribution >= 4 is 11.7 Å². The van der Waals surface area contributed by atoms with Crippen LogP contribution in [0.1, 0.15) is 28.8 Å². The van der Waals surface area contributed by atoms with Gasteiger partial charge in [0.2, 0.25) is 5.91 Å². The van der Waals surface area contributed by atoms with Crippen LogP contribution in [0.4, 0.5) is 13.2 Å². The summed E-state index contributed by atoms with van der Waals surface area (Å²) < 4.78 is 36.7. The largest absolute Gasteiger partial charge is 0.416 e. The fraction of sp³-hybridized carbons (Fsp3) is 0.273. The lowest BCUT2D eigenvalue weighted by molar-refractivity contribution is -0.137. The molecule has 0 fully saturated rings. The van der Waals surface area contributed by atoms with Crippen molar-refractivity contribution in [3.63, 3.8) is 0 Å². The Balaban J connectivity index is 2.74. The van der Waals surface area contributed by atoms with E-state index < -0.39 is 23.4 Å². The van der Waals surface area contributed by atoms with Gasteiger partial charge in [-0.2, -0.15) is 13.2 Å². The minimum atomic E-state index is -4.42. The predicted molar refractivity (Wildman–Crippen MR) is 54.2 cm³/mol. The number of amides is 1. The summed E-state index contributed by atoms with van der Waals surface area (Å²) in [5, 5.41) is 0. The van der Waals surface area contributed by atoms with Gasteiger partial charge in [0.1, 0.15) is 0 Å². The molecule has 0 bridgehead atoms. The van der Waals surface area contributed by atoms with E-state index >= 15 is 0 Å². The van der Waals surface area contributed by atoms with Gasteiger partial charge in [0, 0.05) is 18.4 Å². The van der Waals surface area contributed by atoms with Crippen molar-refractivity contribution in [2.24, 2.45) is 5.73 Å². The molecule has 17 heavy (non-hydrogen) atoms. The van der Waals surface area contributed by atoms with E-state index in [-0.39, 0.29) is 18.4 Å². The first kappa shape index (κ1) is 13.2. The molecule has 1 rings (SSSR count). The number of carbonyl (C=O) groups excluding carboxylic acids is 2. The molecule has 0 unspecified atom stereocenters. The van der Waals surface area contributed by atoms with Crippen molar-refractivity contribution in [2.45, 2.75) is 19.0 Å². The van der Waals surface area contributed by atoms with Crippen molar-refractivity contribution in [1.82, 2.24) is 0 Å². The molecule has 0 saturated heterocycles. The fourth-order valence-electron chi connectivity index (χ4n) is 1.23. The van der Waals surface area contributed by atoms with Crippen molar-refractivity contribution in [2.75, 3.05) is 0 Å². The van der Waals surface area contributed by atoms with E-state index in [0.717, 1.165) is 24.3 Å². The Hall–Kier alpha value is -1.85. The van der Waals surface area contributed by atoms with Crippen molar-refractivity contribution < 1.29 is 22.8 Å². The molecule has 0 radical (unpaired) electrons. The third-order valence-corrected chi connectivity index (χ3v) is 2.13. The Kier molecular flexibility index (Phi) is 3.88. The SMILES string of the molecule is NC(=O)CCC(=O)c1ccc(C(F)(F)F)cc1. The Morgan fingerprint density at radius 3 is 2.00 bits per heavy atom. The zero-order valence-electron chi connectivity index (χ0n) is 8.75. The molecule has 0 saturated carbocycles. The van der Waals surface area contributed by atoms with Gasteiger partial charge in [0.05, 0.1) is 5.56 Å². The standard InChI is InChI=1S/C11H10F3NO2/c12-11(13,14)8-3-1-7(2-4-8)9(16)5-6-10(15)17/h1-4H,5-6H2,(H2,15,17). The van der Waals surface area contributed by atoms with Crippen LogP contribution in [0.25, 0.3) is 0 Å². The number of carbonyl (C=O) groups is 2. The highest BCUT2D eigenvalue weighted by Crippen LogP contribution is 2.29. The second kappa shape index (κ2) is 4.99. The minimum absolute atomic E-state index is 0.0965. The second-order valence-corrected chi connectivity index (χ2v) is 3.46. The summed E-state index contributed by atoms with van der Waals surface area (Å²) in [4.78, 5) is 21.9. The summed E-state index contributed by atoms with van der Waals surface area (Å²) in [6, 6.07) is 3.84. The van der Waals surface area contributed by atoms with Crippen LogP contribution in [0.5, 0.6) is 0 Å².